The lowest BCUT2D eigenvalue weighted by atomic mass is 10.5. The third kappa shape index (κ3) is 1.63. The second-order valence-electron chi connectivity index (χ2n) is 0.661. The summed E-state index contributed by atoms with van der Waals surface area (Å²) in [5, 5.41) is 14.8. The zero-order valence-corrected chi connectivity index (χ0v) is 3.81. The summed E-state index contributed by atoms with van der Waals surface area (Å²) in [4.78, 5) is 0. The van der Waals surface area contributed by atoms with Gasteiger partial charge in [0.15, 0.2) is 5.25 Å². The molecule has 0 aliphatic carbocycles. The third-order valence-electron chi connectivity index (χ3n) is 0.245. The van der Waals surface area contributed by atoms with Crippen LogP contribution in [0.4, 0.5) is 0 Å². The Bertz CT molecular complexity index is 92.9. The summed E-state index contributed by atoms with van der Waals surface area (Å²) in [5.41, 5.74) is 0. The van der Waals surface area contributed by atoms with E-state index in [9.17, 15) is 0 Å². The van der Waals surface area contributed by atoms with Crippen molar-refractivity contribution in [2.24, 2.45) is 0 Å². The van der Waals surface area contributed by atoms with Crippen LogP contribution in [-0.2, 0) is 0 Å². The van der Waals surface area contributed by atoms with Crippen LogP contribution >= 0.6 is 12.6 Å². The van der Waals surface area contributed by atoms with Crippen LogP contribution in [0, 0.1) is 22.7 Å². The van der Waals surface area contributed by atoms with Crippen molar-refractivity contribution in [3.63, 3.8) is 0 Å². The molecule has 3 heteroatoms. The molecule has 2 nitrogen and oxygen atoms in total. The molecule has 0 N–H and O–H groups in total. The van der Waals surface area contributed by atoms with E-state index in [0.29, 0.717) is 0 Å². The maximum Gasteiger partial charge on any atom is 0.175 e. The molecule has 0 bridgehead atoms. The van der Waals surface area contributed by atoms with Crippen LogP contribution in [-0.4, -0.2) is 5.25 Å². The molecule has 0 rings (SSSR count). The topological polar surface area (TPSA) is 47.6 Å². The molecule has 0 amide bonds. The number of nitriles is 2. The highest BCUT2D eigenvalue weighted by molar-refractivity contribution is 7.81. The first kappa shape index (κ1) is 5.33. The number of thiol groups is 1. The highest BCUT2D eigenvalue weighted by Gasteiger charge is 1.89. The van der Waals surface area contributed by atoms with Gasteiger partial charge in [-0.2, -0.15) is 10.5 Å². The van der Waals surface area contributed by atoms with Crippen LogP contribution < -0.4 is 0 Å². The number of rotatable bonds is 0. The predicted molar refractivity (Wildman–Crippen MR) is 24.0 cm³/mol. The summed E-state index contributed by atoms with van der Waals surface area (Å²) >= 11 is 3.51. The summed E-state index contributed by atoms with van der Waals surface area (Å²) < 4.78 is 0. The fourth-order valence-corrected chi connectivity index (χ4v) is 0.0289. The Morgan fingerprint density at radius 2 is 1.67 bits per heavy atom. The van der Waals surface area contributed by atoms with Gasteiger partial charge in [0, 0.05) is 0 Å². The van der Waals surface area contributed by atoms with E-state index in [0.717, 1.165) is 0 Å². The van der Waals surface area contributed by atoms with E-state index in [-0.39, 0.29) is 0 Å². The standard InChI is InChI=1S/C3H2N2S/c4-1-3(6)2-5/h3,6H. The maximum atomic E-state index is 7.79. The van der Waals surface area contributed by atoms with E-state index in [4.69, 9.17) is 10.5 Å². The van der Waals surface area contributed by atoms with Gasteiger partial charge >= 0.3 is 0 Å². The smallest absolute Gasteiger partial charge is 0.175 e. The van der Waals surface area contributed by atoms with Crippen molar-refractivity contribution in [2.45, 2.75) is 5.25 Å². The van der Waals surface area contributed by atoms with Crippen molar-refractivity contribution in [3.05, 3.63) is 0 Å². The first-order valence-electron chi connectivity index (χ1n) is 1.28. The predicted octanol–water partition coefficient (Wildman–Crippen LogP) is 0.332. The Labute approximate surface area is 41.4 Å². The Morgan fingerprint density at radius 1 is 1.33 bits per heavy atom. The van der Waals surface area contributed by atoms with Gasteiger partial charge in [-0.25, -0.2) is 0 Å². The molecule has 6 heavy (non-hydrogen) atoms. The molecule has 0 aromatic rings. The van der Waals surface area contributed by atoms with Crippen molar-refractivity contribution < 1.29 is 0 Å². The van der Waals surface area contributed by atoms with Crippen LogP contribution in [0.15, 0.2) is 0 Å². The van der Waals surface area contributed by atoms with E-state index < -0.39 is 5.25 Å². The van der Waals surface area contributed by atoms with Gasteiger partial charge in [0.25, 0.3) is 0 Å². The SMILES string of the molecule is N#CC(S)C#N. The Morgan fingerprint density at radius 3 is 1.67 bits per heavy atom. The molecular weight excluding hydrogens is 96.1 g/mol. The average Bonchev–Trinajstić information content (AvgIpc) is 1.65. The fraction of sp³-hybridized carbons (Fsp3) is 0.333. The fourth-order valence-electron chi connectivity index (χ4n) is 0.0289. The van der Waals surface area contributed by atoms with Gasteiger partial charge in [-0.3, -0.25) is 0 Å². The molecule has 0 aromatic carbocycles. The van der Waals surface area contributed by atoms with Crippen molar-refractivity contribution in [2.75, 3.05) is 0 Å². The minimum absolute atomic E-state index is 0.759. The molecule has 0 radical (unpaired) electrons. The summed E-state index contributed by atoms with van der Waals surface area (Å²) in [6, 6.07) is 3.24. The largest absolute Gasteiger partial charge is 0.196 e. The average molecular weight is 98.1 g/mol. The minimum Gasteiger partial charge on any atom is -0.196 e. The lowest BCUT2D eigenvalue weighted by molar-refractivity contribution is 1.35. The van der Waals surface area contributed by atoms with Crippen LogP contribution in [0.2, 0.25) is 0 Å². The van der Waals surface area contributed by atoms with Crippen molar-refractivity contribution in [1.82, 2.24) is 0 Å². The Balaban J connectivity index is 3.40. The quantitative estimate of drug-likeness (QED) is 0.444. The molecule has 0 unspecified atom stereocenters. The zero-order valence-electron chi connectivity index (χ0n) is 2.92. The van der Waals surface area contributed by atoms with E-state index >= 15 is 0 Å². The minimum atomic E-state index is -0.759. The van der Waals surface area contributed by atoms with Crippen LogP contribution in [0.3, 0.4) is 0 Å². The summed E-state index contributed by atoms with van der Waals surface area (Å²) in [6.07, 6.45) is 0. The summed E-state index contributed by atoms with van der Waals surface area (Å²) in [7, 11) is 0. The van der Waals surface area contributed by atoms with E-state index in [1.54, 1.807) is 12.1 Å². The molecular formula is C3H2N2S. The normalized spacial score (nSPS) is 6.67. The molecule has 0 saturated carbocycles. The third-order valence-corrected chi connectivity index (χ3v) is 0.476. The molecule has 0 aliphatic heterocycles. The van der Waals surface area contributed by atoms with Crippen LogP contribution in [0.5, 0.6) is 0 Å². The zero-order chi connectivity index (χ0) is 4.99. The number of hydrogen-bond donors (Lipinski definition) is 1. The molecule has 0 aliphatic rings. The van der Waals surface area contributed by atoms with Crippen molar-refractivity contribution >= 4 is 12.6 Å². The van der Waals surface area contributed by atoms with Gasteiger partial charge in [0.2, 0.25) is 0 Å². The number of nitrogens with zero attached hydrogens (tertiary/aromatic N) is 2. The van der Waals surface area contributed by atoms with E-state index in [1.807, 2.05) is 0 Å². The van der Waals surface area contributed by atoms with E-state index in [2.05, 4.69) is 12.6 Å². The lowest BCUT2D eigenvalue weighted by Crippen LogP contribution is -1.82. The second kappa shape index (κ2) is 2.56. The molecule has 0 spiro atoms. The second-order valence-corrected chi connectivity index (χ2v) is 1.18. The van der Waals surface area contributed by atoms with Gasteiger partial charge in [-0.15, -0.1) is 12.6 Å². The molecule has 0 heterocycles. The monoisotopic (exact) mass is 98.0 g/mol. The molecule has 0 fully saturated rings. The first-order chi connectivity index (χ1) is 2.81. The summed E-state index contributed by atoms with van der Waals surface area (Å²) in [5.74, 6) is 0. The van der Waals surface area contributed by atoms with Gasteiger partial charge in [-0.05, 0) is 0 Å². The molecule has 0 aromatic heterocycles. The highest BCUT2D eigenvalue weighted by atomic mass is 32.1. The molecule has 0 saturated heterocycles. The van der Waals surface area contributed by atoms with Gasteiger partial charge < -0.3 is 0 Å². The summed E-state index contributed by atoms with van der Waals surface area (Å²) in [6.45, 7) is 0. The Hall–Kier alpha value is -0.670. The van der Waals surface area contributed by atoms with Crippen molar-refractivity contribution in [1.29, 1.82) is 10.5 Å². The molecule has 0 atom stereocenters. The highest BCUT2D eigenvalue weighted by Crippen LogP contribution is 1.84. The number of hydrogen-bond acceptors (Lipinski definition) is 3. The Kier molecular flexibility index (Phi) is 2.27. The van der Waals surface area contributed by atoms with Gasteiger partial charge in [-0.1, -0.05) is 0 Å². The van der Waals surface area contributed by atoms with Gasteiger partial charge in [0.1, 0.15) is 0 Å². The van der Waals surface area contributed by atoms with E-state index in [1.165, 1.54) is 0 Å². The first-order valence-corrected chi connectivity index (χ1v) is 1.80. The molecule has 30 valence electrons. The van der Waals surface area contributed by atoms with Crippen LogP contribution in [0.1, 0.15) is 0 Å². The van der Waals surface area contributed by atoms with Crippen LogP contribution in [0.25, 0.3) is 0 Å². The lowest BCUT2D eigenvalue weighted by Gasteiger charge is -1.72. The van der Waals surface area contributed by atoms with Gasteiger partial charge in [0.05, 0.1) is 12.1 Å². The maximum absolute atomic E-state index is 7.79. The van der Waals surface area contributed by atoms with Crippen molar-refractivity contribution in [3.8, 4) is 12.1 Å².